The van der Waals surface area contributed by atoms with Crippen LogP contribution in [-0.2, 0) is 11.2 Å². The fourth-order valence-corrected chi connectivity index (χ4v) is 2.27. The zero-order valence-electron chi connectivity index (χ0n) is 11.1. The molecule has 0 heterocycles. The van der Waals surface area contributed by atoms with Gasteiger partial charge < -0.3 is 5.32 Å². The fraction of sp³-hybridized carbons (Fsp3) is 0.188. The van der Waals surface area contributed by atoms with E-state index in [-0.39, 0.29) is 18.4 Å². The standard InChI is InChI=1S/C16H15Cl2NO/c1-11(12-6-8-14(17)9-7-12)19-16(20)10-13-4-2-3-5-15(13)18/h2-9,11H,10H2,1H3,(H,19,20)/t11-/m0/s1. The Morgan fingerprint density at radius 1 is 1.10 bits per heavy atom. The minimum absolute atomic E-state index is 0.0550. The maximum Gasteiger partial charge on any atom is 0.224 e. The average molecular weight is 308 g/mol. The van der Waals surface area contributed by atoms with E-state index in [1.807, 2.05) is 49.4 Å². The van der Waals surface area contributed by atoms with Crippen molar-refractivity contribution < 1.29 is 4.79 Å². The first-order valence-corrected chi connectivity index (χ1v) is 7.10. The topological polar surface area (TPSA) is 29.1 Å². The molecule has 2 nitrogen and oxygen atoms in total. The summed E-state index contributed by atoms with van der Waals surface area (Å²) in [7, 11) is 0. The largest absolute Gasteiger partial charge is 0.349 e. The summed E-state index contributed by atoms with van der Waals surface area (Å²) in [5.74, 6) is -0.0550. The molecule has 0 aromatic heterocycles. The van der Waals surface area contributed by atoms with Gasteiger partial charge >= 0.3 is 0 Å². The summed E-state index contributed by atoms with van der Waals surface area (Å²) in [6.07, 6.45) is 0.275. The van der Waals surface area contributed by atoms with Crippen molar-refractivity contribution >= 4 is 29.1 Å². The van der Waals surface area contributed by atoms with E-state index in [1.54, 1.807) is 6.07 Å². The molecule has 4 heteroatoms. The monoisotopic (exact) mass is 307 g/mol. The number of hydrogen-bond donors (Lipinski definition) is 1. The van der Waals surface area contributed by atoms with E-state index in [9.17, 15) is 4.79 Å². The normalized spacial score (nSPS) is 11.9. The van der Waals surface area contributed by atoms with Crippen molar-refractivity contribution in [2.45, 2.75) is 19.4 Å². The Kier molecular flexibility index (Phi) is 5.05. The molecule has 0 saturated carbocycles. The van der Waals surface area contributed by atoms with Crippen molar-refractivity contribution in [3.63, 3.8) is 0 Å². The molecule has 0 spiro atoms. The van der Waals surface area contributed by atoms with Gasteiger partial charge in [0.25, 0.3) is 0 Å². The van der Waals surface area contributed by atoms with E-state index in [2.05, 4.69) is 5.32 Å². The number of carbonyl (C=O) groups is 1. The highest BCUT2D eigenvalue weighted by atomic mass is 35.5. The van der Waals surface area contributed by atoms with E-state index in [0.717, 1.165) is 11.1 Å². The zero-order chi connectivity index (χ0) is 14.5. The molecule has 0 aliphatic heterocycles. The predicted octanol–water partition coefficient (Wildman–Crippen LogP) is 4.41. The second-order valence-electron chi connectivity index (χ2n) is 4.61. The molecule has 2 aromatic carbocycles. The molecule has 1 atom stereocenters. The van der Waals surface area contributed by atoms with Gasteiger partial charge in [-0.2, -0.15) is 0 Å². The van der Waals surface area contributed by atoms with Crippen LogP contribution in [0.5, 0.6) is 0 Å². The third-order valence-electron chi connectivity index (χ3n) is 3.06. The number of hydrogen-bond acceptors (Lipinski definition) is 1. The summed E-state index contributed by atoms with van der Waals surface area (Å²) >= 11 is 11.9. The van der Waals surface area contributed by atoms with Crippen molar-refractivity contribution in [1.82, 2.24) is 5.32 Å². The third kappa shape index (κ3) is 3.99. The summed E-state index contributed by atoms with van der Waals surface area (Å²) in [6.45, 7) is 1.94. The van der Waals surface area contributed by atoms with Crippen LogP contribution in [0.3, 0.4) is 0 Å². The second kappa shape index (κ2) is 6.78. The number of nitrogens with one attached hydrogen (secondary N) is 1. The Bertz CT molecular complexity index is 596. The molecule has 0 fully saturated rings. The molecule has 0 aliphatic carbocycles. The third-order valence-corrected chi connectivity index (χ3v) is 3.68. The van der Waals surface area contributed by atoms with Crippen LogP contribution in [0.25, 0.3) is 0 Å². The van der Waals surface area contributed by atoms with Crippen molar-refractivity contribution in [2.24, 2.45) is 0 Å². The lowest BCUT2D eigenvalue weighted by Gasteiger charge is -2.14. The highest BCUT2D eigenvalue weighted by Gasteiger charge is 2.11. The summed E-state index contributed by atoms with van der Waals surface area (Å²) in [4.78, 5) is 12.0. The van der Waals surface area contributed by atoms with Crippen molar-refractivity contribution in [2.75, 3.05) is 0 Å². The quantitative estimate of drug-likeness (QED) is 0.890. The van der Waals surface area contributed by atoms with Gasteiger partial charge in [-0.3, -0.25) is 4.79 Å². The van der Waals surface area contributed by atoms with Crippen LogP contribution in [0, 0.1) is 0 Å². The lowest BCUT2D eigenvalue weighted by atomic mass is 10.1. The first-order valence-electron chi connectivity index (χ1n) is 6.34. The minimum atomic E-state index is -0.0674. The molecule has 1 amide bonds. The Balaban J connectivity index is 1.98. The van der Waals surface area contributed by atoms with Gasteiger partial charge in [-0.25, -0.2) is 0 Å². The number of halogens is 2. The van der Waals surface area contributed by atoms with Crippen molar-refractivity contribution in [3.8, 4) is 0 Å². The lowest BCUT2D eigenvalue weighted by molar-refractivity contribution is -0.121. The van der Waals surface area contributed by atoms with E-state index < -0.39 is 0 Å². The number of amides is 1. The first-order chi connectivity index (χ1) is 9.56. The first kappa shape index (κ1) is 14.9. The SMILES string of the molecule is C[C@H](NC(=O)Cc1ccccc1Cl)c1ccc(Cl)cc1. The predicted molar refractivity (Wildman–Crippen MR) is 83.2 cm³/mol. The molecular formula is C16H15Cl2NO. The molecule has 0 saturated heterocycles. The Morgan fingerprint density at radius 2 is 1.75 bits per heavy atom. The highest BCUT2D eigenvalue weighted by molar-refractivity contribution is 6.31. The molecule has 2 rings (SSSR count). The van der Waals surface area contributed by atoms with Gasteiger partial charge in [-0.15, -0.1) is 0 Å². The Labute approximate surface area is 128 Å². The van der Waals surface area contributed by atoms with Gasteiger partial charge in [-0.1, -0.05) is 53.5 Å². The van der Waals surface area contributed by atoms with Gasteiger partial charge in [0.05, 0.1) is 12.5 Å². The van der Waals surface area contributed by atoms with Crippen molar-refractivity contribution in [1.29, 1.82) is 0 Å². The number of carbonyl (C=O) groups excluding carboxylic acids is 1. The highest BCUT2D eigenvalue weighted by Crippen LogP contribution is 2.18. The van der Waals surface area contributed by atoms with Crippen LogP contribution in [0.4, 0.5) is 0 Å². The molecule has 1 N–H and O–H groups in total. The van der Waals surface area contributed by atoms with Gasteiger partial charge in [0, 0.05) is 10.0 Å². The van der Waals surface area contributed by atoms with E-state index in [4.69, 9.17) is 23.2 Å². The van der Waals surface area contributed by atoms with E-state index in [1.165, 1.54) is 0 Å². The summed E-state index contributed by atoms with van der Waals surface area (Å²) in [6, 6.07) is 14.7. The lowest BCUT2D eigenvalue weighted by Crippen LogP contribution is -2.28. The van der Waals surface area contributed by atoms with Gasteiger partial charge in [0.1, 0.15) is 0 Å². The molecule has 0 unspecified atom stereocenters. The number of rotatable bonds is 4. The van der Waals surface area contributed by atoms with Gasteiger partial charge in [0.15, 0.2) is 0 Å². The van der Waals surface area contributed by atoms with Crippen LogP contribution in [0.2, 0.25) is 10.0 Å². The molecule has 0 bridgehead atoms. The van der Waals surface area contributed by atoms with Crippen LogP contribution in [0.1, 0.15) is 24.1 Å². The van der Waals surface area contributed by atoms with Crippen LogP contribution >= 0.6 is 23.2 Å². The Morgan fingerprint density at radius 3 is 2.40 bits per heavy atom. The van der Waals surface area contributed by atoms with E-state index in [0.29, 0.717) is 10.0 Å². The van der Waals surface area contributed by atoms with Gasteiger partial charge in [-0.05, 0) is 36.2 Å². The molecular weight excluding hydrogens is 293 g/mol. The summed E-state index contributed by atoms with van der Waals surface area (Å²) in [5, 5.41) is 4.25. The molecule has 20 heavy (non-hydrogen) atoms. The molecule has 2 aromatic rings. The summed E-state index contributed by atoms with van der Waals surface area (Å²) in [5.41, 5.74) is 1.84. The maximum atomic E-state index is 12.0. The summed E-state index contributed by atoms with van der Waals surface area (Å²) < 4.78 is 0. The van der Waals surface area contributed by atoms with Gasteiger partial charge in [0.2, 0.25) is 5.91 Å². The minimum Gasteiger partial charge on any atom is -0.349 e. The Hall–Kier alpha value is -1.51. The molecule has 104 valence electrons. The van der Waals surface area contributed by atoms with E-state index >= 15 is 0 Å². The van der Waals surface area contributed by atoms with Crippen LogP contribution in [-0.4, -0.2) is 5.91 Å². The fourth-order valence-electron chi connectivity index (χ4n) is 1.94. The van der Waals surface area contributed by atoms with Crippen LogP contribution in [0.15, 0.2) is 48.5 Å². The average Bonchev–Trinajstić information content (AvgIpc) is 2.42. The second-order valence-corrected chi connectivity index (χ2v) is 5.45. The smallest absolute Gasteiger partial charge is 0.224 e. The van der Waals surface area contributed by atoms with Crippen LogP contribution < -0.4 is 5.32 Å². The zero-order valence-corrected chi connectivity index (χ0v) is 12.6. The molecule has 0 radical (unpaired) electrons. The number of benzene rings is 2. The molecule has 0 aliphatic rings. The van der Waals surface area contributed by atoms with Crippen molar-refractivity contribution in [3.05, 3.63) is 69.7 Å². The maximum absolute atomic E-state index is 12.0.